The first-order valence-electron chi connectivity index (χ1n) is 11.3. The lowest BCUT2D eigenvalue weighted by Crippen LogP contribution is -2.11. The SMILES string of the molecule is COc1ccc(Nc2ccc(N(C)c3ccc(C4CCCCC4)cc3)cc2F)c(C(=O)O)c1. The van der Waals surface area contributed by atoms with E-state index in [9.17, 15) is 14.3 Å². The van der Waals surface area contributed by atoms with Crippen molar-refractivity contribution in [3.05, 3.63) is 77.6 Å². The van der Waals surface area contributed by atoms with Gasteiger partial charge in [-0.25, -0.2) is 9.18 Å². The van der Waals surface area contributed by atoms with E-state index in [-0.39, 0.29) is 11.3 Å². The standard InChI is InChI=1S/C27H29FN2O3/c1-30(20-10-8-19(9-11-20)18-6-4-3-5-7-18)21-12-14-26(24(28)16-21)29-25-15-13-22(33-2)17-23(25)27(31)32/h8-18,29H,3-7H2,1-2H3,(H,31,32). The van der Waals surface area contributed by atoms with Crippen molar-refractivity contribution in [3.8, 4) is 5.75 Å². The smallest absolute Gasteiger partial charge is 0.337 e. The summed E-state index contributed by atoms with van der Waals surface area (Å²) in [6.07, 6.45) is 6.45. The molecule has 3 aromatic carbocycles. The highest BCUT2D eigenvalue weighted by atomic mass is 19.1. The van der Waals surface area contributed by atoms with Gasteiger partial charge in [-0.3, -0.25) is 0 Å². The van der Waals surface area contributed by atoms with Crippen LogP contribution in [0.25, 0.3) is 0 Å². The molecule has 0 spiro atoms. The first kappa shape index (κ1) is 22.6. The Hall–Kier alpha value is -3.54. The summed E-state index contributed by atoms with van der Waals surface area (Å²) in [6, 6.07) is 18.0. The molecule has 4 rings (SSSR count). The molecule has 0 unspecified atom stereocenters. The van der Waals surface area contributed by atoms with Gasteiger partial charge in [-0.2, -0.15) is 0 Å². The number of nitrogens with one attached hydrogen (secondary N) is 1. The Morgan fingerprint density at radius 1 is 0.970 bits per heavy atom. The van der Waals surface area contributed by atoms with E-state index in [1.165, 1.54) is 56.9 Å². The highest BCUT2D eigenvalue weighted by Gasteiger charge is 2.17. The van der Waals surface area contributed by atoms with E-state index in [0.29, 0.717) is 23.0 Å². The molecule has 172 valence electrons. The van der Waals surface area contributed by atoms with Crippen LogP contribution in [0.2, 0.25) is 0 Å². The predicted octanol–water partition coefficient (Wildman–Crippen LogP) is 7.09. The monoisotopic (exact) mass is 448 g/mol. The Morgan fingerprint density at radius 3 is 2.27 bits per heavy atom. The number of nitrogens with zero attached hydrogens (tertiary/aromatic N) is 1. The van der Waals surface area contributed by atoms with Gasteiger partial charge in [0, 0.05) is 18.4 Å². The lowest BCUT2D eigenvalue weighted by molar-refractivity contribution is 0.0697. The van der Waals surface area contributed by atoms with Crippen molar-refractivity contribution < 1.29 is 19.0 Å². The van der Waals surface area contributed by atoms with Gasteiger partial charge in [0.1, 0.15) is 11.6 Å². The van der Waals surface area contributed by atoms with Crippen molar-refractivity contribution in [3.63, 3.8) is 0 Å². The van der Waals surface area contributed by atoms with Crippen LogP contribution in [0.5, 0.6) is 5.75 Å². The van der Waals surface area contributed by atoms with E-state index < -0.39 is 11.8 Å². The average molecular weight is 449 g/mol. The number of rotatable bonds is 7. The number of aromatic carboxylic acids is 1. The van der Waals surface area contributed by atoms with Gasteiger partial charge in [0.2, 0.25) is 0 Å². The second kappa shape index (κ2) is 9.94. The van der Waals surface area contributed by atoms with Crippen LogP contribution in [-0.4, -0.2) is 25.2 Å². The molecule has 6 heteroatoms. The van der Waals surface area contributed by atoms with E-state index in [1.54, 1.807) is 18.2 Å². The zero-order valence-electron chi connectivity index (χ0n) is 19.0. The zero-order valence-corrected chi connectivity index (χ0v) is 19.0. The number of benzene rings is 3. The number of carboxylic acids is 1. The van der Waals surface area contributed by atoms with E-state index in [1.807, 2.05) is 18.0 Å². The third-order valence-electron chi connectivity index (χ3n) is 6.42. The lowest BCUT2D eigenvalue weighted by atomic mass is 9.84. The van der Waals surface area contributed by atoms with E-state index >= 15 is 0 Å². The topological polar surface area (TPSA) is 61.8 Å². The number of hydrogen-bond acceptors (Lipinski definition) is 4. The second-order valence-electron chi connectivity index (χ2n) is 8.49. The number of anilines is 4. The zero-order chi connectivity index (χ0) is 23.4. The van der Waals surface area contributed by atoms with Gasteiger partial charge >= 0.3 is 5.97 Å². The first-order valence-corrected chi connectivity index (χ1v) is 11.3. The number of carboxylic acid groups (broad SMARTS) is 1. The lowest BCUT2D eigenvalue weighted by Gasteiger charge is -2.24. The van der Waals surface area contributed by atoms with Gasteiger partial charge in [0.25, 0.3) is 0 Å². The molecule has 2 N–H and O–H groups in total. The van der Waals surface area contributed by atoms with Crippen LogP contribution < -0.4 is 15.0 Å². The van der Waals surface area contributed by atoms with Crippen LogP contribution >= 0.6 is 0 Å². The molecule has 1 fully saturated rings. The highest BCUT2D eigenvalue weighted by molar-refractivity contribution is 5.95. The maximum Gasteiger partial charge on any atom is 0.337 e. The van der Waals surface area contributed by atoms with Crippen LogP contribution in [-0.2, 0) is 0 Å². The van der Waals surface area contributed by atoms with Gasteiger partial charge in [-0.05, 0) is 72.9 Å². The van der Waals surface area contributed by atoms with E-state index in [4.69, 9.17) is 4.74 Å². The molecule has 0 heterocycles. The Morgan fingerprint density at radius 2 is 1.64 bits per heavy atom. The Labute approximate surface area is 193 Å². The summed E-state index contributed by atoms with van der Waals surface area (Å²) in [6.45, 7) is 0. The molecule has 1 aliphatic carbocycles. The molecule has 0 atom stereocenters. The number of methoxy groups -OCH3 is 1. The largest absolute Gasteiger partial charge is 0.497 e. The van der Waals surface area contributed by atoms with Gasteiger partial charge in [0.15, 0.2) is 0 Å². The Bertz CT molecular complexity index is 1120. The quantitative estimate of drug-likeness (QED) is 0.404. The van der Waals surface area contributed by atoms with Gasteiger partial charge < -0.3 is 20.1 Å². The predicted molar refractivity (Wildman–Crippen MR) is 130 cm³/mol. The molecule has 0 aliphatic heterocycles. The second-order valence-corrected chi connectivity index (χ2v) is 8.49. The van der Waals surface area contributed by atoms with Crippen LogP contribution in [0, 0.1) is 5.82 Å². The molecule has 33 heavy (non-hydrogen) atoms. The number of hydrogen-bond donors (Lipinski definition) is 2. The number of carbonyl (C=O) groups is 1. The summed E-state index contributed by atoms with van der Waals surface area (Å²) in [4.78, 5) is 13.5. The van der Waals surface area contributed by atoms with Crippen molar-refractivity contribution in [1.82, 2.24) is 0 Å². The van der Waals surface area contributed by atoms with E-state index in [2.05, 4.69) is 29.6 Å². The molecule has 0 aromatic heterocycles. The van der Waals surface area contributed by atoms with Crippen molar-refractivity contribution in [2.45, 2.75) is 38.0 Å². The van der Waals surface area contributed by atoms with Gasteiger partial charge in [0.05, 0.1) is 24.0 Å². The minimum Gasteiger partial charge on any atom is -0.497 e. The fourth-order valence-corrected chi connectivity index (χ4v) is 4.45. The molecule has 0 bridgehead atoms. The minimum atomic E-state index is -1.12. The van der Waals surface area contributed by atoms with Crippen LogP contribution in [0.1, 0.15) is 53.9 Å². The summed E-state index contributed by atoms with van der Waals surface area (Å²) in [5.74, 6) is -0.519. The number of ether oxygens (including phenoxy) is 1. The summed E-state index contributed by atoms with van der Waals surface area (Å²) in [5.41, 5.74) is 3.57. The third-order valence-corrected chi connectivity index (χ3v) is 6.42. The Kier molecular flexibility index (Phi) is 6.82. The molecule has 5 nitrogen and oxygen atoms in total. The Balaban J connectivity index is 1.51. The summed E-state index contributed by atoms with van der Waals surface area (Å²) in [7, 11) is 3.37. The van der Waals surface area contributed by atoms with Crippen LogP contribution in [0.3, 0.4) is 0 Å². The van der Waals surface area contributed by atoms with Crippen molar-refractivity contribution >= 4 is 28.7 Å². The summed E-state index contributed by atoms with van der Waals surface area (Å²) < 4.78 is 20.0. The normalized spacial score (nSPS) is 14.0. The minimum absolute atomic E-state index is 0.00741. The fourth-order valence-electron chi connectivity index (χ4n) is 4.45. The van der Waals surface area contributed by atoms with Crippen LogP contribution in [0.15, 0.2) is 60.7 Å². The van der Waals surface area contributed by atoms with E-state index in [0.717, 1.165) is 5.69 Å². The molecule has 1 saturated carbocycles. The maximum absolute atomic E-state index is 14.9. The molecule has 0 saturated heterocycles. The fraction of sp³-hybridized carbons (Fsp3) is 0.296. The molecule has 1 aliphatic rings. The molecular weight excluding hydrogens is 419 g/mol. The number of halogens is 1. The molecule has 3 aromatic rings. The van der Waals surface area contributed by atoms with Crippen molar-refractivity contribution in [2.24, 2.45) is 0 Å². The van der Waals surface area contributed by atoms with Crippen molar-refractivity contribution in [1.29, 1.82) is 0 Å². The van der Waals surface area contributed by atoms with Gasteiger partial charge in [-0.1, -0.05) is 31.4 Å². The average Bonchev–Trinajstić information content (AvgIpc) is 2.85. The molecule has 0 amide bonds. The third kappa shape index (κ3) is 5.11. The summed E-state index contributed by atoms with van der Waals surface area (Å²) >= 11 is 0. The summed E-state index contributed by atoms with van der Waals surface area (Å²) in [5, 5.41) is 12.4. The molecular formula is C27H29FN2O3. The first-order chi connectivity index (χ1) is 16.0. The van der Waals surface area contributed by atoms with Crippen molar-refractivity contribution in [2.75, 3.05) is 24.4 Å². The highest BCUT2D eigenvalue weighted by Crippen LogP contribution is 2.35. The van der Waals surface area contributed by atoms with Gasteiger partial charge in [-0.15, -0.1) is 0 Å². The van der Waals surface area contributed by atoms with Crippen LogP contribution in [0.4, 0.5) is 27.1 Å². The molecule has 0 radical (unpaired) electrons. The maximum atomic E-state index is 14.9.